The molecule has 3 atom stereocenters. The normalized spacial score (nSPS) is 19.0. The molecule has 0 unspecified atom stereocenters. The van der Waals surface area contributed by atoms with Gasteiger partial charge in [0.1, 0.15) is 0 Å². The molecule has 8 nitrogen and oxygen atoms in total. The number of benzene rings is 3. The van der Waals surface area contributed by atoms with Crippen molar-refractivity contribution in [3.8, 4) is 17.2 Å². The molecule has 0 saturated carbocycles. The number of fused-ring (bicyclic) bond motifs is 3. The molecule has 0 saturated heterocycles. The molecule has 0 spiro atoms. The van der Waals surface area contributed by atoms with Crippen LogP contribution in [0.5, 0.6) is 0 Å². The third-order valence-corrected chi connectivity index (χ3v) is 9.02. The molecule has 4 rings (SSSR count). The summed E-state index contributed by atoms with van der Waals surface area (Å²) in [7, 11) is -2.42. The highest BCUT2D eigenvalue weighted by Gasteiger charge is 2.32. The molecule has 3 aromatic rings. The first-order chi connectivity index (χ1) is 18.7. The van der Waals surface area contributed by atoms with Crippen LogP contribution in [0.3, 0.4) is 0 Å². The summed E-state index contributed by atoms with van der Waals surface area (Å²) in [5.41, 5.74) is 3.31. The van der Waals surface area contributed by atoms with E-state index < -0.39 is 22.2 Å². The molecule has 204 valence electrons. The maximum Gasteiger partial charge on any atom is 0.254 e. The zero-order valence-corrected chi connectivity index (χ0v) is 23.1. The van der Waals surface area contributed by atoms with Crippen molar-refractivity contribution < 1.29 is 23.1 Å². The molecule has 9 heteroatoms. The number of aliphatic hydroxyl groups excluding tert-OH is 1. The molecule has 1 aliphatic rings. The first kappa shape index (κ1) is 28.5. The van der Waals surface area contributed by atoms with Crippen LogP contribution in [0.1, 0.15) is 35.3 Å². The maximum atomic E-state index is 13.9. The van der Waals surface area contributed by atoms with Gasteiger partial charge in [0.2, 0.25) is 10.0 Å². The van der Waals surface area contributed by atoms with Crippen molar-refractivity contribution in [2.24, 2.45) is 5.92 Å². The third-order valence-electron chi connectivity index (χ3n) is 7.20. The lowest BCUT2D eigenvalue weighted by Gasteiger charge is -2.35. The summed E-state index contributed by atoms with van der Waals surface area (Å²) in [6, 6.07) is 22.5. The topological polar surface area (TPSA) is 111 Å². The van der Waals surface area contributed by atoms with Crippen molar-refractivity contribution in [3.05, 3.63) is 89.5 Å². The largest absolute Gasteiger partial charge is 0.394 e. The number of rotatable bonds is 6. The standard InChI is InChI=1S/C30H33N3O5S/c1-21-17-33(22(2)19-34)30(35)28-14-7-6-13-27(28)26-12-5-4-10-24(26)20-38-29(21)18-32(3)39(36,37)25-11-8-9-23(15-25)16-31/h4-15,21-22,29,34H,17-20H2,1-3H3/t21-,22-,29-/m1/s1. The predicted octanol–water partition coefficient (Wildman–Crippen LogP) is 3.90. The minimum absolute atomic E-state index is 0.0277. The summed E-state index contributed by atoms with van der Waals surface area (Å²) in [5.74, 6) is -0.479. The van der Waals surface area contributed by atoms with E-state index in [1.54, 1.807) is 30.0 Å². The van der Waals surface area contributed by atoms with Crippen molar-refractivity contribution in [1.82, 2.24) is 9.21 Å². The van der Waals surface area contributed by atoms with E-state index in [1.807, 2.05) is 55.5 Å². The Balaban J connectivity index is 1.73. The van der Waals surface area contributed by atoms with Gasteiger partial charge in [-0.3, -0.25) is 4.79 Å². The van der Waals surface area contributed by atoms with Crippen molar-refractivity contribution >= 4 is 15.9 Å². The third kappa shape index (κ3) is 6.05. The molecule has 1 heterocycles. The smallest absolute Gasteiger partial charge is 0.254 e. The predicted molar refractivity (Wildman–Crippen MR) is 148 cm³/mol. The van der Waals surface area contributed by atoms with Gasteiger partial charge in [0.15, 0.2) is 0 Å². The second-order valence-electron chi connectivity index (χ2n) is 9.94. The molecule has 39 heavy (non-hydrogen) atoms. The molecule has 0 radical (unpaired) electrons. The van der Waals surface area contributed by atoms with Gasteiger partial charge in [0.25, 0.3) is 5.91 Å². The number of amides is 1. The van der Waals surface area contributed by atoms with Crippen molar-refractivity contribution in [2.45, 2.75) is 37.5 Å². The number of hydrogen-bond donors (Lipinski definition) is 1. The summed E-state index contributed by atoms with van der Waals surface area (Å²) in [4.78, 5) is 15.6. The number of nitrogens with zero attached hydrogens (tertiary/aromatic N) is 3. The fraction of sp³-hybridized carbons (Fsp3) is 0.333. The summed E-state index contributed by atoms with van der Waals surface area (Å²) in [6.45, 7) is 4.00. The molecule has 0 bridgehead atoms. The summed E-state index contributed by atoms with van der Waals surface area (Å²) < 4.78 is 34.4. The summed E-state index contributed by atoms with van der Waals surface area (Å²) >= 11 is 0. The number of ether oxygens (including phenoxy) is 1. The van der Waals surface area contributed by atoms with Gasteiger partial charge < -0.3 is 14.7 Å². The van der Waals surface area contributed by atoms with E-state index >= 15 is 0 Å². The Morgan fingerprint density at radius 2 is 1.74 bits per heavy atom. The highest BCUT2D eigenvalue weighted by Crippen LogP contribution is 2.31. The average molecular weight is 548 g/mol. The molecule has 0 fully saturated rings. The van der Waals surface area contributed by atoms with E-state index in [0.29, 0.717) is 5.56 Å². The Hall–Kier alpha value is -3.55. The fourth-order valence-corrected chi connectivity index (χ4v) is 6.04. The van der Waals surface area contributed by atoms with Crippen LogP contribution in [0.2, 0.25) is 0 Å². The Labute approximate surface area is 230 Å². The van der Waals surface area contributed by atoms with Crippen LogP contribution in [0.4, 0.5) is 0 Å². The van der Waals surface area contributed by atoms with Gasteiger partial charge in [-0.2, -0.15) is 9.57 Å². The first-order valence-corrected chi connectivity index (χ1v) is 14.3. The van der Waals surface area contributed by atoms with E-state index in [2.05, 4.69) is 0 Å². The molecule has 1 N–H and O–H groups in total. The average Bonchev–Trinajstić information content (AvgIpc) is 2.98. The van der Waals surface area contributed by atoms with Crippen LogP contribution in [0, 0.1) is 17.2 Å². The van der Waals surface area contributed by atoms with Crippen LogP contribution in [0.15, 0.2) is 77.7 Å². The minimum Gasteiger partial charge on any atom is -0.394 e. The Morgan fingerprint density at radius 3 is 2.44 bits per heavy atom. The number of carbonyl (C=O) groups excluding carboxylic acids is 1. The lowest BCUT2D eigenvalue weighted by Crippen LogP contribution is -2.47. The second-order valence-corrected chi connectivity index (χ2v) is 12.0. The van der Waals surface area contributed by atoms with Crippen molar-refractivity contribution in [1.29, 1.82) is 5.26 Å². The number of sulfonamides is 1. The summed E-state index contributed by atoms with van der Waals surface area (Å²) in [6.07, 6.45) is -0.570. The van der Waals surface area contributed by atoms with Crippen molar-refractivity contribution in [2.75, 3.05) is 26.7 Å². The number of carbonyl (C=O) groups is 1. The van der Waals surface area contributed by atoms with E-state index in [9.17, 15) is 23.6 Å². The van der Waals surface area contributed by atoms with Gasteiger partial charge in [-0.15, -0.1) is 0 Å². The Morgan fingerprint density at radius 1 is 1.08 bits per heavy atom. The van der Waals surface area contributed by atoms with Crippen LogP contribution >= 0.6 is 0 Å². The second kappa shape index (κ2) is 12.1. The first-order valence-electron chi connectivity index (χ1n) is 12.8. The Bertz CT molecular complexity index is 1480. The molecular weight excluding hydrogens is 514 g/mol. The highest BCUT2D eigenvalue weighted by molar-refractivity contribution is 7.89. The monoisotopic (exact) mass is 547 g/mol. The fourth-order valence-electron chi connectivity index (χ4n) is 4.81. The molecule has 1 aliphatic heterocycles. The SMILES string of the molecule is C[C@@H]1CN([C@H](C)CO)C(=O)c2ccccc2-c2ccccc2CO[C@@H]1CN(C)S(=O)(=O)c1cccc(C#N)c1. The Kier molecular flexibility index (Phi) is 8.83. The molecule has 3 aromatic carbocycles. The number of hydrogen-bond acceptors (Lipinski definition) is 6. The highest BCUT2D eigenvalue weighted by atomic mass is 32.2. The minimum atomic E-state index is -3.91. The lowest BCUT2D eigenvalue weighted by molar-refractivity contribution is -0.0146. The van der Waals surface area contributed by atoms with Gasteiger partial charge in [-0.25, -0.2) is 8.42 Å². The van der Waals surface area contributed by atoms with Crippen LogP contribution < -0.4 is 0 Å². The van der Waals surface area contributed by atoms with E-state index in [1.165, 1.54) is 23.5 Å². The zero-order chi connectivity index (χ0) is 28.2. The molecule has 1 amide bonds. The van der Waals surface area contributed by atoms with Crippen LogP contribution in [0.25, 0.3) is 11.1 Å². The quantitative estimate of drug-likeness (QED) is 0.501. The van der Waals surface area contributed by atoms with Crippen molar-refractivity contribution in [3.63, 3.8) is 0 Å². The van der Waals surface area contributed by atoms with Crippen LogP contribution in [-0.4, -0.2) is 67.5 Å². The lowest BCUT2D eigenvalue weighted by atomic mass is 9.94. The molecular formula is C30H33N3O5S. The molecule has 0 aliphatic carbocycles. The van der Waals surface area contributed by atoms with Gasteiger partial charge in [0, 0.05) is 31.6 Å². The maximum absolute atomic E-state index is 13.9. The zero-order valence-electron chi connectivity index (χ0n) is 22.3. The van der Waals surface area contributed by atoms with Gasteiger partial charge in [-0.1, -0.05) is 55.5 Å². The van der Waals surface area contributed by atoms with E-state index in [-0.39, 0.29) is 48.6 Å². The van der Waals surface area contributed by atoms with Gasteiger partial charge >= 0.3 is 0 Å². The number of likely N-dealkylation sites (N-methyl/N-ethyl adjacent to an activating group) is 1. The van der Waals surface area contributed by atoms with Crippen LogP contribution in [-0.2, 0) is 21.4 Å². The number of aliphatic hydroxyl groups is 1. The summed E-state index contributed by atoms with van der Waals surface area (Å²) in [5, 5.41) is 19.2. The van der Waals surface area contributed by atoms with E-state index in [4.69, 9.17) is 4.74 Å². The van der Waals surface area contributed by atoms with Gasteiger partial charge in [0.05, 0.1) is 41.9 Å². The number of nitriles is 1. The van der Waals surface area contributed by atoms with Gasteiger partial charge in [-0.05, 0) is 47.9 Å². The molecule has 0 aromatic heterocycles. The van der Waals surface area contributed by atoms with E-state index in [0.717, 1.165) is 16.7 Å².